The molecule has 3 aromatic carbocycles. The van der Waals surface area contributed by atoms with Gasteiger partial charge in [-0.3, -0.25) is 14.2 Å². The van der Waals surface area contributed by atoms with E-state index in [1.807, 2.05) is 42.5 Å². The van der Waals surface area contributed by atoms with Gasteiger partial charge in [-0.25, -0.2) is 4.98 Å². The van der Waals surface area contributed by atoms with E-state index in [2.05, 4.69) is 58.4 Å². The summed E-state index contributed by atoms with van der Waals surface area (Å²) in [4.78, 5) is 37.8. The summed E-state index contributed by atoms with van der Waals surface area (Å²) in [5.41, 5.74) is 5.28. The maximum Gasteiger partial charge on any atom is 0.260 e. The fraction of sp³-hybridized carbons (Fsp3) is 0.200. The van der Waals surface area contributed by atoms with Gasteiger partial charge in [0.05, 0.1) is 5.69 Å². The van der Waals surface area contributed by atoms with Gasteiger partial charge in [-0.15, -0.1) is 0 Å². The van der Waals surface area contributed by atoms with Gasteiger partial charge in [-0.1, -0.05) is 55.1 Å². The van der Waals surface area contributed by atoms with Gasteiger partial charge in [-0.2, -0.15) is 4.98 Å². The van der Waals surface area contributed by atoms with Crippen LogP contribution in [-0.2, 0) is 11.2 Å². The van der Waals surface area contributed by atoms with Crippen LogP contribution in [0.15, 0.2) is 109 Å². The number of carbonyl (C=O) groups excluding carboxylic acids is 1. The van der Waals surface area contributed by atoms with Crippen LogP contribution in [0.2, 0.25) is 0 Å². The lowest BCUT2D eigenvalue weighted by Gasteiger charge is -2.29. The molecule has 0 bridgehead atoms. The first-order valence-electron chi connectivity index (χ1n) is 14.5. The number of benzene rings is 3. The Morgan fingerprint density at radius 3 is 2.49 bits per heavy atom. The number of nitrogens with zero attached hydrogens (tertiary/aromatic N) is 4. The highest BCUT2D eigenvalue weighted by Crippen LogP contribution is 2.29. The van der Waals surface area contributed by atoms with Crippen molar-refractivity contribution in [3.05, 3.63) is 131 Å². The van der Waals surface area contributed by atoms with Crippen molar-refractivity contribution in [2.24, 2.45) is 0 Å². The molecule has 3 heterocycles. The number of hydrogen-bond acceptors (Lipinski definition) is 6. The Kier molecular flexibility index (Phi) is 8.11. The molecular formula is C35H34N6O2. The van der Waals surface area contributed by atoms with Crippen molar-refractivity contribution in [1.29, 1.82) is 0 Å². The average Bonchev–Trinajstić information content (AvgIpc) is 3.03. The first kappa shape index (κ1) is 28.1. The lowest BCUT2D eigenvalue weighted by Crippen LogP contribution is -2.29. The van der Waals surface area contributed by atoms with E-state index in [4.69, 9.17) is 4.98 Å². The molecule has 0 radical (unpaired) electrons. The van der Waals surface area contributed by atoms with Gasteiger partial charge in [0, 0.05) is 34.9 Å². The number of fused-ring (bicyclic) bond motifs is 1. The summed E-state index contributed by atoms with van der Waals surface area (Å²) in [6.07, 6.45) is 5.75. The van der Waals surface area contributed by atoms with Crippen molar-refractivity contribution in [3.63, 3.8) is 0 Å². The van der Waals surface area contributed by atoms with E-state index in [1.54, 1.807) is 29.0 Å². The maximum absolute atomic E-state index is 14.0. The molecule has 0 aliphatic carbocycles. The molecule has 1 aliphatic heterocycles. The number of anilines is 3. The third kappa shape index (κ3) is 6.39. The Labute approximate surface area is 250 Å². The first-order valence-corrected chi connectivity index (χ1v) is 14.5. The second-order valence-electron chi connectivity index (χ2n) is 11.0. The van der Waals surface area contributed by atoms with E-state index >= 15 is 0 Å². The minimum absolute atomic E-state index is 0.185. The van der Waals surface area contributed by atoms with Gasteiger partial charge in [-0.05, 0) is 92.5 Å². The Balaban J connectivity index is 1.37. The van der Waals surface area contributed by atoms with Crippen molar-refractivity contribution >= 4 is 34.3 Å². The van der Waals surface area contributed by atoms with Crippen LogP contribution in [0.25, 0.3) is 16.7 Å². The van der Waals surface area contributed by atoms with E-state index in [-0.39, 0.29) is 11.5 Å². The number of likely N-dealkylation sites (tertiary alicyclic amines) is 1. The van der Waals surface area contributed by atoms with Gasteiger partial charge >= 0.3 is 0 Å². The zero-order valence-electron chi connectivity index (χ0n) is 24.2. The van der Waals surface area contributed by atoms with Crippen LogP contribution in [0.5, 0.6) is 0 Å². The SMILES string of the molecule is C=CC(=O)Nc1cccc(-n2c(=O)c(Cc3ccccc3)cc3cnc(Nc4ccc(C5CCN(C)CC5)cc4)nc32)c1. The largest absolute Gasteiger partial charge is 0.324 e. The number of hydrogen-bond donors (Lipinski definition) is 2. The van der Waals surface area contributed by atoms with Gasteiger partial charge in [0.1, 0.15) is 0 Å². The summed E-state index contributed by atoms with van der Waals surface area (Å²) in [5, 5.41) is 6.83. The molecule has 2 N–H and O–H groups in total. The first-order chi connectivity index (χ1) is 21.0. The van der Waals surface area contributed by atoms with Crippen LogP contribution in [-0.4, -0.2) is 45.5 Å². The zero-order valence-corrected chi connectivity index (χ0v) is 24.2. The Bertz CT molecular complexity index is 1820. The summed E-state index contributed by atoms with van der Waals surface area (Å²) in [5.74, 6) is 0.635. The van der Waals surface area contributed by atoms with Gasteiger partial charge in [0.2, 0.25) is 11.9 Å². The smallest absolute Gasteiger partial charge is 0.260 e. The number of amides is 1. The molecule has 0 spiro atoms. The van der Waals surface area contributed by atoms with Crippen LogP contribution < -0.4 is 16.2 Å². The summed E-state index contributed by atoms with van der Waals surface area (Å²) < 4.78 is 1.59. The zero-order chi connectivity index (χ0) is 29.8. The molecule has 6 rings (SSSR count). The molecule has 8 nitrogen and oxygen atoms in total. The third-order valence-electron chi connectivity index (χ3n) is 7.97. The minimum atomic E-state index is -0.331. The molecule has 1 amide bonds. The molecule has 216 valence electrons. The summed E-state index contributed by atoms with van der Waals surface area (Å²) >= 11 is 0. The van der Waals surface area contributed by atoms with Crippen LogP contribution in [0.4, 0.5) is 17.3 Å². The summed E-state index contributed by atoms with van der Waals surface area (Å²) in [6.45, 7) is 5.76. The normalized spacial score (nSPS) is 14.0. The number of nitrogens with one attached hydrogen (secondary N) is 2. The molecule has 8 heteroatoms. The standard InChI is InChI=1S/C35H34N6O2/c1-3-32(42)37-30-10-7-11-31(22-30)41-33-28(21-27(34(41)43)20-24-8-5-4-6-9-24)23-36-35(39-33)38-29-14-12-25(13-15-29)26-16-18-40(2)19-17-26/h3-15,21-23,26H,1,16-20H2,2H3,(H,37,42)(H,36,38,39). The number of carbonyl (C=O) groups is 1. The van der Waals surface area contributed by atoms with E-state index in [0.717, 1.165) is 29.7 Å². The molecule has 0 atom stereocenters. The average molecular weight is 571 g/mol. The minimum Gasteiger partial charge on any atom is -0.324 e. The van der Waals surface area contributed by atoms with E-state index in [1.165, 1.54) is 24.5 Å². The van der Waals surface area contributed by atoms with Crippen molar-refractivity contribution in [1.82, 2.24) is 19.4 Å². The lowest BCUT2D eigenvalue weighted by atomic mass is 9.89. The fourth-order valence-corrected chi connectivity index (χ4v) is 5.62. The number of rotatable bonds is 8. The highest BCUT2D eigenvalue weighted by Gasteiger charge is 2.19. The van der Waals surface area contributed by atoms with Gasteiger partial charge in [0.15, 0.2) is 5.65 Å². The van der Waals surface area contributed by atoms with Crippen molar-refractivity contribution in [2.75, 3.05) is 30.8 Å². The van der Waals surface area contributed by atoms with Crippen LogP contribution in [0.1, 0.15) is 35.4 Å². The molecule has 0 saturated carbocycles. The molecule has 43 heavy (non-hydrogen) atoms. The van der Waals surface area contributed by atoms with Crippen LogP contribution >= 0.6 is 0 Å². The van der Waals surface area contributed by atoms with Gasteiger partial charge in [0.25, 0.3) is 5.56 Å². The molecule has 0 unspecified atom stereocenters. The Hall–Kier alpha value is -5.08. The predicted molar refractivity (Wildman–Crippen MR) is 172 cm³/mol. The van der Waals surface area contributed by atoms with Gasteiger partial charge < -0.3 is 15.5 Å². The second kappa shape index (κ2) is 12.4. The quantitative estimate of drug-likeness (QED) is 0.221. The number of piperidine rings is 1. The Morgan fingerprint density at radius 2 is 1.74 bits per heavy atom. The molecular weight excluding hydrogens is 536 g/mol. The monoisotopic (exact) mass is 570 g/mol. The molecule has 1 fully saturated rings. The van der Waals surface area contributed by atoms with Crippen molar-refractivity contribution in [2.45, 2.75) is 25.2 Å². The van der Waals surface area contributed by atoms with E-state index in [9.17, 15) is 9.59 Å². The highest BCUT2D eigenvalue weighted by atomic mass is 16.1. The molecule has 1 aliphatic rings. The van der Waals surface area contributed by atoms with Crippen molar-refractivity contribution in [3.8, 4) is 5.69 Å². The third-order valence-corrected chi connectivity index (χ3v) is 7.97. The van der Waals surface area contributed by atoms with Crippen LogP contribution in [0.3, 0.4) is 0 Å². The fourth-order valence-electron chi connectivity index (χ4n) is 5.62. The summed E-state index contributed by atoms with van der Waals surface area (Å²) in [6, 6.07) is 27.4. The highest BCUT2D eigenvalue weighted by molar-refractivity contribution is 5.99. The molecule has 1 saturated heterocycles. The predicted octanol–water partition coefficient (Wildman–Crippen LogP) is 6.05. The lowest BCUT2D eigenvalue weighted by molar-refractivity contribution is -0.111. The summed E-state index contributed by atoms with van der Waals surface area (Å²) in [7, 11) is 2.17. The molecule has 5 aromatic rings. The van der Waals surface area contributed by atoms with Crippen molar-refractivity contribution < 1.29 is 4.79 Å². The number of pyridine rings is 1. The Morgan fingerprint density at radius 1 is 0.977 bits per heavy atom. The molecule has 2 aromatic heterocycles. The number of aromatic nitrogens is 3. The van der Waals surface area contributed by atoms with E-state index in [0.29, 0.717) is 40.9 Å². The van der Waals surface area contributed by atoms with Crippen LogP contribution in [0, 0.1) is 0 Å². The van der Waals surface area contributed by atoms with E-state index < -0.39 is 0 Å². The second-order valence-corrected chi connectivity index (χ2v) is 11.0. The maximum atomic E-state index is 14.0. The topological polar surface area (TPSA) is 92.1 Å².